The van der Waals surface area contributed by atoms with Gasteiger partial charge in [-0.1, -0.05) is 30.3 Å². The van der Waals surface area contributed by atoms with E-state index in [0.717, 1.165) is 21.7 Å². The van der Waals surface area contributed by atoms with Crippen molar-refractivity contribution >= 4 is 17.2 Å². The van der Waals surface area contributed by atoms with E-state index in [1.54, 1.807) is 0 Å². The molecule has 0 aliphatic carbocycles. The summed E-state index contributed by atoms with van der Waals surface area (Å²) < 4.78 is 5.31. The summed E-state index contributed by atoms with van der Waals surface area (Å²) in [5.74, 6) is 0. The van der Waals surface area contributed by atoms with Crippen LogP contribution >= 0.6 is 11.6 Å². The van der Waals surface area contributed by atoms with Crippen LogP contribution in [0.1, 0.15) is 11.1 Å². The summed E-state index contributed by atoms with van der Waals surface area (Å²) >= 11 is 6.02. The van der Waals surface area contributed by atoms with Crippen molar-refractivity contribution in [3.05, 3.63) is 40.9 Å². The molecule has 0 unspecified atom stereocenters. The molecule has 0 amide bonds. The highest BCUT2D eigenvalue weighted by molar-refractivity contribution is 6.32. The maximum Gasteiger partial charge on any atom is 0.0727 e. The Morgan fingerprint density at radius 1 is 1.33 bits per heavy atom. The number of hydrogen-bond donors (Lipinski definition) is 0. The average molecular weight is 181 g/mol. The van der Waals surface area contributed by atoms with Gasteiger partial charge in [-0.05, 0) is 17.2 Å². The molecule has 0 saturated heterocycles. The smallest absolute Gasteiger partial charge is 0.0727 e. The molecule has 2 rings (SSSR count). The molecule has 1 aliphatic heterocycles. The van der Waals surface area contributed by atoms with E-state index in [4.69, 9.17) is 16.3 Å². The molecule has 1 nitrogen and oxygen atoms in total. The summed E-state index contributed by atoms with van der Waals surface area (Å²) in [5, 5.41) is 0.779. The first kappa shape index (κ1) is 7.84. The second-order valence-electron chi connectivity index (χ2n) is 2.87. The fraction of sp³-hybridized carbons (Fsp3) is 0.200. The van der Waals surface area contributed by atoms with Crippen molar-refractivity contribution in [3.8, 4) is 0 Å². The third kappa shape index (κ3) is 1.15. The zero-order valence-electron chi connectivity index (χ0n) is 6.64. The van der Waals surface area contributed by atoms with Crippen LogP contribution in [0, 0.1) is 0 Å². The van der Waals surface area contributed by atoms with Crippen LogP contribution in [0.2, 0.25) is 5.02 Å². The topological polar surface area (TPSA) is 9.23 Å². The third-order valence-corrected chi connectivity index (χ3v) is 2.30. The summed E-state index contributed by atoms with van der Waals surface area (Å²) in [4.78, 5) is 0. The highest BCUT2D eigenvalue weighted by atomic mass is 35.5. The lowest BCUT2D eigenvalue weighted by atomic mass is 10.00. The van der Waals surface area contributed by atoms with E-state index < -0.39 is 0 Å². The number of hydrogen-bond acceptors (Lipinski definition) is 1. The number of halogens is 1. The SMILES string of the molecule is C=C1COCc2cccc(Cl)c21. The summed E-state index contributed by atoms with van der Waals surface area (Å²) in [6.07, 6.45) is 0. The van der Waals surface area contributed by atoms with Gasteiger partial charge >= 0.3 is 0 Å². The van der Waals surface area contributed by atoms with Crippen molar-refractivity contribution in [2.24, 2.45) is 0 Å². The molecule has 0 radical (unpaired) electrons. The van der Waals surface area contributed by atoms with Crippen molar-refractivity contribution in [2.45, 2.75) is 6.61 Å². The van der Waals surface area contributed by atoms with Crippen LogP contribution in [-0.4, -0.2) is 6.61 Å². The molecular weight excluding hydrogens is 172 g/mol. The zero-order valence-corrected chi connectivity index (χ0v) is 7.40. The minimum absolute atomic E-state index is 0.594. The predicted molar refractivity (Wildman–Crippen MR) is 50.1 cm³/mol. The molecule has 0 bridgehead atoms. The van der Waals surface area contributed by atoms with E-state index in [1.165, 1.54) is 0 Å². The monoisotopic (exact) mass is 180 g/mol. The Hall–Kier alpha value is -0.790. The van der Waals surface area contributed by atoms with Crippen molar-refractivity contribution < 1.29 is 4.74 Å². The second kappa shape index (κ2) is 2.92. The van der Waals surface area contributed by atoms with Gasteiger partial charge < -0.3 is 4.74 Å². The molecule has 1 aliphatic rings. The fourth-order valence-electron chi connectivity index (χ4n) is 1.44. The largest absolute Gasteiger partial charge is 0.372 e. The first-order valence-electron chi connectivity index (χ1n) is 3.82. The molecule has 12 heavy (non-hydrogen) atoms. The molecule has 2 heteroatoms. The number of rotatable bonds is 0. The van der Waals surface area contributed by atoms with Gasteiger partial charge in [-0.3, -0.25) is 0 Å². The van der Waals surface area contributed by atoms with Gasteiger partial charge in [0, 0.05) is 10.6 Å². The molecule has 0 saturated carbocycles. The van der Waals surface area contributed by atoms with Crippen LogP contribution in [0.15, 0.2) is 24.8 Å². The van der Waals surface area contributed by atoms with Crippen LogP contribution in [-0.2, 0) is 11.3 Å². The van der Waals surface area contributed by atoms with Gasteiger partial charge in [0.2, 0.25) is 0 Å². The predicted octanol–water partition coefficient (Wildman–Crippen LogP) is 2.88. The van der Waals surface area contributed by atoms with Crippen LogP contribution in [0.5, 0.6) is 0 Å². The van der Waals surface area contributed by atoms with Crippen molar-refractivity contribution in [3.63, 3.8) is 0 Å². The van der Waals surface area contributed by atoms with Crippen LogP contribution in [0.4, 0.5) is 0 Å². The van der Waals surface area contributed by atoms with Gasteiger partial charge in [-0.2, -0.15) is 0 Å². The third-order valence-electron chi connectivity index (χ3n) is 1.99. The van der Waals surface area contributed by atoms with Crippen LogP contribution in [0.25, 0.3) is 5.57 Å². The Morgan fingerprint density at radius 2 is 2.17 bits per heavy atom. The Morgan fingerprint density at radius 3 is 2.92 bits per heavy atom. The van der Waals surface area contributed by atoms with Crippen LogP contribution < -0.4 is 0 Å². The van der Waals surface area contributed by atoms with Gasteiger partial charge in [0.25, 0.3) is 0 Å². The molecular formula is C10H9ClO. The van der Waals surface area contributed by atoms with Gasteiger partial charge in [-0.25, -0.2) is 0 Å². The molecule has 0 spiro atoms. The highest BCUT2D eigenvalue weighted by Crippen LogP contribution is 2.30. The van der Waals surface area contributed by atoms with E-state index in [9.17, 15) is 0 Å². The first-order chi connectivity index (χ1) is 5.79. The van der Waals surface area contributed by atoms with E-state index in [0.29, 0.717) is 13.2 Å². The highest BCUT2D eigenvalue weighted by Gasteiger charge is 2.14. The Kier molecular flexibility index (Phi) is 1.91. The van der Waals surface area contributed by atoms with Gasteiger partial charge in [0.15, 0.2) is 0 Å². The van der Waals surface area contributed by atoms with Gasteiger partial charge in [0.1, 0.15) is 0 Å². The first-order valence-corrected chi connectivity index (χ1v) is 4.20. The Balaban J connectivity index is 2.60. The molecule has 0 atom stereocenters. The lowest BCUT2D eigenvalue weighted by Gasteiger charge is -2.19. The molecule has 0 N–H and O–H groups in total. The lowest BCUT2D eigenvalue weighted by molar-refractivity contribution is 0.146. The molecule has 62 valence electrons. The summed E-state index contributed by atoms with van der Waals surface area (Å²) in [5.41, 5.74) is 3.19. The summed E-state index contributed by atoms with van der Waals surface area (Å²) in [6.45, 7) is 5.15. The van der Waals surface area contributed by atoms with E-state index in [-0.39, 0.29) is 0 Å². The summed E-state index contributed by atoms with van der Waals surface area (Å²) in [6, 6.07) is 5.84. The Labute approximate surface area is 76.6 Å². The normalized spacial score (nSPS) is 15.9. The average Bonchev–Trinajstić information content (AvgIpc) is 2.04. The summed E-state index contributed by atoms with van der Waals surface area (Å²) in [7, 11) is 0. The second-order valence-corrected chi connectivity index (χ2v) is 3.28. The van der Waals surface area contributed by atoms with Crippen LogP contribution in [0.3, 0.4) is 0 Å². The molecule has 1 aromatic rings. The maximum atomic E-state index is 6.02. The van der Waals surface area contributed by atoms with E-state index in [2.05, 4.69) is 6.58 Å². The minimum atomic E-state index is 0.594. The van der Waals surface area contributed by atoms with E-state index >= 15 is 0 Å². The molecule has 0 fully saturated rings. The molecule has 0 aromatic heterocycles. The Bertz CT molecular complexity index is 331. The van der Waals surface area contributed by atoms with Crippen molar-refractivity contribution in [1.82, 2.24) is 0 Å². The maximum absolute atomic E-state index is 6.02. The van der Waals surface area contributed by atoms with Crippen molar-refractivity contribution in [1.29, 1.82) is 0 Å². The minimum Gasteiger partial charge on any atom is -0.372 e. The van der Waals surface area contributed by atoms with E-state index in [1.807, 2.05) is 18.2 Å². The molecule has 1 aromatic carbocycles. The fourth-order valence-corrected chi connectivity index (χ4v) is 1.77. The quantitative estimate of drug-likeness (QED) is 0.597. The number of fused-ring (bicyclic) bond motifs is 1. The van der Waals surface area contributed by atoms with Crippen molar-refractivity contribution in [2.75, 3.05) is 6.61 Å². The molecule has 1 heterocycles. The number of benzene rings is 1. The lowest BCUT2D eigenvalue weighted by Crippen LogP contribution is -2.08. The standard InChI is InChI=1S/C10H9ClO/c1-7-5-12-6-8-3-2-4-9(11)10(7)8/h2-4H,1,5-6H2. The van der Waals surface area contributed by atoms with Gasteiger partial charge in [-0.15, -0.1) is 0 Å². The number of ether oxygens (including phenoxy) is 1. The van der Waals surface area contributed by atoms with Gasteiger partial charge in [0.05, 0.1) is 13.2 Å². The zero-order chi connectivity index (χ0) is 8.55.